The van der Waals surface area contributed by atoms with Gasteiger partial charge < -0.3 is 0 Å². The van der Waals surface area contributed by atoms with Crippen molar-refractivity contribution in [3.63, 3.8) is 0 Å². The molecule has 0 aromatic rings. The van der Waals surface area contributed by atoms with E-state index in [1.165, 1.54) is 12.8 Å². The van der Waals surface area contributed by atoms with Crippen LogP contribution in [0.1, 0.15) is 44.9 Å². The van der Waals surface area contributed by atoms with E-state index in [-0.39, 0.29) is 0 Å². The van der Waals surface area contributed by atoms with Crippen molar-refractivity contribution in [3.05, 3.63) is 6.42 Å². The van der Waals surface area contributed by atoms with Gasteiger partial charge in [0.1, 0.15) is 0 Å². The fourth-order valence-corrected chi connectivity index (χ4v) is 3.83. The Morgan fingerprint density at radius 1 is 0.833 bits per heavy atom. The first kappa shape index (κ1) is 7.41. The van der Waals surface area contributed by atoms with Crippen LogP contribution in [0, 0.1) is 30.1 Å². The van der Waals surface area contributed by atoms with Crippen LogP contribution in [-0.2, 0) is 0 Å². The van der Waals surface area contributed by atoms with E-state index in [0.717, 1.165) is 23.7 Å². The van der Waals surface area contributed by atoms with Gasteiger partial charge in [0, 0.05) is 0 Å². The molecule has 3 fully saturated rings. The zero-order valence-electron chi connectivity index (χ0n) is 7.84. The van der Waals surface area contributed by atoms with Gasteiger partial charge >= 0.3 is 0 Å². The zero-order valence-corrected chi connectivity index (χ0v) is 7.84. The van der Waals surface area contributed by atoms with Crippen molar-refractivity contribution in [3.8, 4) is 0 Å². The Morgan fingerprint density at radius 2 is 1.58 bits per heavy atom. The van der Waals surface area contributed by atoms with Crippen molar-refractivity contribution in [1.29, 1.82) is 0 Å². The van der Waals surface area contributed by atoms with E-state index in [1.807, 2.05) is 0 Å². The van der Waals surface area contributed by atoms with Crippen LogP contribution in [0.25, 0.3) is 0 Å². The third-order valence-corrected chi connectivity index (χ3v) is 4.54. The van der Waals surface area contributed by atoms with Gasteiger partial charge in [-0.1, -0.05) is 19.3 Å². The van der Waals surface area contributed by atoms with Crippen LogP contribution < -0.4 is 0 Å². The highest BCUT2D eigenvalue weighted by atomic mass is 14.4. The van der Waals surface area contributed by atoms with Gasteiger partial charge in [-0.2, -0.15) is 0 Å². The third kappa shape index (κ3) is 1.11. The summed E-state index contributed by atoms with van der Waals surface area (Å²) < 4.78 is 0. The molecule has 0 aromatic heterocycles. The van der Waals surface area contributed by atoms with Crippen LogP contribution in [0.5, 0.6) is 0 Å². The normalized spacial score (nSPS) is 52.0. The first-order valence-electron chi connectivity index (χ1n) is 5.75. The first-order chi connectivity index (χ1) is 5.92. The van der Waals surface area contributed by atoms with E-state index >= 15 is 0 Å². The lowest BCUT2D eigenvalue weighted by Gasteiger charge is -2.38. The summed E-state index contributed by atoms with van der Waals surface area (Å²) in [7, 11) is 0. The molecule has 1 radical (unpaired) electrons. The van der Waals surface area contributed by atoms with E-state index in [9.17, 15) is 0 Å². The topological polar surface area (TPSA) is 0 Å². The molecule has 67 valence electrons. The Morgan fingerprint density at radius 3 is 2.58 bits per heavy atom. The van der Waals surface area contributed by atoms with Gasteiger partial charge in [-0.05, 0) is 55.8 Å². The van der Waals surface area contributed by atoms with Crippen LogP contribution in [0.2, 0.25) is 0 Å². The fourth-order valence-electron chi connectivity index (χ4n) is 3.83. The number of rotatable bonds is 0. The second-order valence-electron chi connectivity index (χ2n) is 5.25. The Labute approximate surface area is 75.7 Å². The summed E-state index contributed by atoms with van der Waals surface area (Å²) in [5.74, 6) is 4.37. The molecular formula is C12H19. The second-order valence-corrected chi connectivity index (χ2v) is 5.25. The first-order valence-corrected chi connectivity index (χ1v) is 5.75. The summed E-state index contributed by atoms with van der Waals surface area (Å²) in [5, 5.41) is 0. The minimum atomic E-state index is 1.04. The zero-order chi connectivity index (χ0) is 7.97. The lowest BCUT2D eigenvalue weighted by atomic mass is 9.67. The highest BCUT2D eigenvalue weighted by Crippen LogP contribution is 2.49. The van der Waals surface area contributed by atoms with E-state index in [2.05, 4.69) is 6.42 Å². The molecule has 0 spiro atoms. The summed E-state index contributed by atoms with van der Waals surface area (Å²) in [6.45, 7) is 0. The van der Waals surface area contributed by atoms with Gasteiger partial charge in [0.25, 0.3) is 0 Å². The average Bonchev–Trinajstić information content (AvgIpc) is 2.21. The van der Waals surface area contributed by atoms with Gasteiger partial charge in [-0.3, -0.25) is 0 Å². The molecule has 3 saturated carbocycles. The largest absolute Gasteiger partial charge is 0.0502 e. The summed E-state index contributed by atoms with van der Waals surface area (Å²) in [6.07, 6.45) is 13.5. The van der Waals surface area contributed by atoms with Gasteiger partial charge in [-0.15, -0.1) is 0 Å². The number of hydrogen-bond donors (Lipinski definition) is 0. The molecule has 3 rings (SSSR count). The molecule has 3 bridgehead atoms. The molecule has 0 aromatic carbocycles. The summed E-state index contributed by atoms with van der Waals surface area (Å²) >= 11 is 0. The molecule has 0 N–H and O–H groups in total. The van der Waals surface area contributed by atoms with Gasteiger partial charge in [0.05, 0.1) is 0 Å². The van der Waals surface area contributed by atoms with E-state index in [1.54, 1.807) is 32.1 Å². The van der Waals surface area contributed by atoms with Crippen molar-refractivity contribution in [1.82, 2.24) is 0 Å². The van der Waals surface area contributed by atoms with Crippen molar-refractivity contribution in [2.24, 2.45) is 23.7 Å². The van der Waals surface area contributed by atoms with Crippen molar-refractivity contribution >= 4 is 0 Å². The Hall–Kier alpha value is 0. The molecule has 0 amide bonds. The van der Waals surface area contributed by atoms with Crippen molar-refractivity contribution in [2.45, 2.75) is 44.9 Å². The van der Waals surface area contributed by atoms with Crippen molar-refractivity contribution in [2.75, 3.05) is 0 Å². The minimum absolute atomic E-state index is 1.04. The molecule has 0 aliphatic heterocycles. The predicted molar refractivity (Wildman–Crippen MR) is 50.6 cm³/mol. The fraction of sp³-hybridized carbons (Fsp3) is 0.917. The molecule has 0 heterocycles. The van der Waals surface area contributed by atoms with Crippen LogP contribution in [0.3, 0.4) is 0 Å². The molecule has 0 saturated heterocycles. The van der Waals surface area contributed by atoms with Gasteiger partial charge in [0.15, 0.2) is 0 Å². The Balaban J connectivity index is 1.85. The Kier molecular flexibility index (Phi) is 1.70. The van der Waals surface area contributed by atoms with Crippen LogP contribution in [0.4, 0.5) is 0 Å². The number of fused-ring (bicyclic) bond motifs is 2. The van der Waals surface area contributed by atoms with E-state index in [0.29, 0.717) is 0 Å². The number of hydrogen-bond acceptors (Lipinski definition) is 0. The lowest BCUT2D eigenvalue weighted by molar-refractivity contribution is 0.170. The highest BCUT2D eigenvalue weighted by Gasteiger charge is 2.38. The molecular weight excluding hydrogens is 144 g/mol. The molecule has 0 heteroatoms. The van der Waals surface area contributed by atoms with Crippen LogP contribution >= 0.6 is 0 Å². The molecule has 3 aliphatic rings. The molecule has 0 nitrogen and oxygen atoms in total. The van der Waals surface area contributed by atoms with E-state index in [4.69, 9.17) is 0 Å². The Bertz CT molecular complexity index is 155. The molecule has 3 aliphatic carbocycles. The maximum Gasteiger partial charge on any atom is -0.0349 e. The van der Waals surface area contributed by atoms with Crippen LogP contribution in [-0.4, -0.2) is 0 Å². The quantitative estimate of drug-likeness (QED) is 0.513. The standard InChI is InChI=1S/C12H19/c1-2-10-4-6-11-5-3-9(1)7-12(11)8-10/h5,9-12H,1-4,6-8H2. The minimum Gasteiger partial charge on any atom is -0.0502 e. The molecule has 12 heavy (non-hydrogen) atoms. The average molecular weight is 163 g/mol. The van der Waals surface area contributed by atoms with Gasteiger partial charge in [-0.25, -0.2) is 0 Å². The lowest BCUT2D eigenvalue weighted by Crippen LogP contribution is -2.28. The molecule has 4 atom stereocenters. The predicted octanol–water partition coefficient (Wildman–Crippen LogP) is 3.43. The maximum absolute atomic E-state index is 2.67. The smallest absolute Gasteiger partial charge is 0.0349 e. The summed E-state index contributed by atoms with van der Waals surface area (Å²) in [5.41, 5.74) is 0. The van der Waals surface area contributed by atoms with E-state index < -0.39 is 0 Å². The second kappa shape index (κ2) is 2.75. The summed E-state index contributed by atoms with van der Waals surface area (Å²) in [4.78, 5) is 0. The monoisotopic (exact) mass is 163 g/mol. The third-order valence-electron chi connectivity index (χ3n) is 4.54. The summed E-state index contributed by atoms with van der Waals surface area (Å²) in [6, 6.07) is 0. The molecule has 4 unspecified atom stereocenters. The maximum atomic E-state index is 2.67. The van der Waals surface area contributed by atoms with Crippen LogP contribution in [0.15, 0.2) is 0 Å². The van der Waals surface area contributed by atoms with Gasteiger partial charge in [0.2, 0.25) is 0 Å². The SMILES string of the molecule is [CH]1CC2CCC3CCC1C(C2)C3. The highest BCUT2D eigenvalue weighted by molar-refractivity contribution is 4.96. The van der Waals surface area contributed by atoms with Crippen molar-refractivity contribution < 1.29 is 0 Å².